The molecule has 0 fully saturated rings. The second-order valence-electron chi connectivity index (χ2n) is 5.78. The number of para-hydroxylation sites is 2. The lowest BCUT2D eigenvalue weighted by Gasteiger charge is -2.33. The Morgan fingerprint density at radius 3 is 2.83 bits per heavy atom. The summed E-state index contributed by atoms with van der Waals surface area (Å²) in [6.07, 6.45) is 5.59. The first-order valence-electron chi connectivity index (χ1n) is 8.04. The summed E-state index contributed by atoms with van der Waals surface area (Å²) in [6, 6.07) is 8.04. The number of allylic oxidation sites excluding steroid dienone is 2. The number of nitrogens with one attached hydrogen (secondary N) is 2. The summed E-state index contributed by atoms with van der Waals surface area (Å²) in [5.41, 5.74) is 3.52. The number of fused-ring (bicyclic) bond motifs is 2. The summed E-state index contributed by atoms with van der Waals surface area (Å²) in [4.78, 5) is 28.6. The largest absolute Gasteiger partial charge is 0.481 e. The minimum Gasteiger partial charge on any atom is -0.481 e. The topological polar surface area (TPSA) is 83.2 Å². The van der Waals surface area contributed by atoms with Gasteiger partial charge in [0.15, 0.2) is 11.7 Å². The molecule has 1 aliphatic carbocycles. The molecule has 2 aliphatic rings. The molecule has 6 heteroatoms. The first-order chi connectivity index (χ1) is 11.6. The van der Waals surface area contributed by atoms with Crippen molar-refractivity contribution in [1.29, 1.82) is 0 Å². The maximum absolute atomic E-state index is 12.0. The standard InChI is InChI=1S/C18H19N3O3/c1-2-21-14-8-4-3-6-12(14)20-18-13(7-5-9-15(18)21)19-16(22)10-11-17(23)24/h3-9,15H,2,10-11H2,1H3,(H,19,22)(H,23,24)/p+1. The van der Waals surface area contributed by atoms with Crippen molar-refractivity contribution in [2.24, 2.45) is 4.99 Å². The number of carbonyl (C=O) groups excluding carboxylic acids is 1. The molecule has 124 valence electrons. The molecule has 0 spiro atoms. The van der Waals surface area contributed by atoms with Gasteiger partial charge < -0.3 is 10.4 Å². The SMILES string of the molecule is CC[NH+]1c2ccccc2N=C2C(NC(=O)CCC(=O)O)=CC=CC21. The molecule has 0 bridgehead atoms. The van der Waals surface area contributed by atoms with Crippen molar-refractivity contribution < 1.29 is 19.6 Å². The minimum atomic E-state index is -0.980. The molecule has 24 heavy (non-hydrogen) atoms. The number of rotatable bonds is 5. The van der Waals surface area contributed by atoms with Gasteiger partial charge in [0, 0.05) is 12.5 Å². The van der Waals surface area contributed by atoms with Crippen molar-refractivity contribution in [2.75, 3.05) is 6.54 Å². The zero-order valence-corrected chi connectivity index (χ0v) is 13.5. The van der Waals surface area contributed by atoms with E-state index in [1.54, 1.807) is 0 Å². The maximum atomic E-state index is 12.0. The van der Waals surface area contributed by atoms with Crippen LogP contribution in [0, 0.1) is 0 Å². The van der Waals surface area contributed by atoms with Crippen LogP contribution in [0.3, 0.4) is 0 Å². The number of amides is 1. The number of nitrogens with zero attached hydrogens (tertiary/aromatic N) is 1. The molecular weight excluding hydrogens is 306 g/mol. The van der Waals surface area contributed by atoms with Crippen LogP contribution in [0.15, 0.2) is 53.2 Å². The third-order valence-corrected chi connectivity index (χ3v) is 4.22. The van der Waals surface area contributed by atoms with Gasteiger partial charge in [-0.25, -0.2) is 4.99 Å². The number of hydrogen-bond acceptors (Lipinski definition) is 3. The van der Waals surface area contributed by atoms with Crippen molar-refractivity contribution in [3.05, 3.63) is 48.2 Å². The number of likely N-dealkylation sites (N-methyl/N-ethyl adjacent to an activating group) is 1. The fourth-order valence-corrected chi connectivity index (χ4v) is 3.11. The van der Waals surface area contributed by atoms with Crippen LogP contribution < -0.4 is 10.2 Å². The predicted octanol–water partition coefficient (Wildman–Crippen LogP) is 1.11. The maximum Gasteiger partial charge on any atom is 0.303 e. The van der Waals surface area contributed by atoms with E-state index in [0.29, 0.717) is 5.70 Å². The monoisotopic (exact) mass is 326 g/mol. The van der Waals surface area contributed by atoms with E-state index in [9.17, 15) is 9.59 Å². The molecule has 1 aromatic rings. The number of hydrogen-bond donors (Lipinski definition) is 3. The first-order valence-corrected chi connectivity index (χ1v) is 8.04. The average molecular weight is 326 g/mol. The fraction of sp³-hybridized carbons (Fsp3) is 0.278. The molecule has 0 saturated carbocycles. The molecule has 3 rings (SSSR count). The third-order valence-electron chi connectivity index (χ3n) is 4.22. The van der Waals surface area contributed by atoms with Crippen LogP contribution >= 0.6 is 0 Å². The normalized spacial score (nSPS) is 21.2. The zero-order chi connectivity index (χ0) is 17.1. The summed E-state index contributed by atoms with van der Waals surface area (Å²) < 4.78 is 0. The average Bonchev–Trinajstić information content (AvgIpc) is 2.58. The molecule has 1 aliphatic heterocycles. The molecular formula is C18H20N3O3+. The fourth-order valence-electron chi connectivity index (χ4n) is 3.11. The predicted molar refractivity (Wildman–Crippen MR) is 90.7 cm³/mol. The van der Waals surface area contributed by atoms with Gasteiger partial charge in [-0.15, -0.1) is 0 Å². The lowest BCUT2D eigenvalue weighted by Crippen LogP contribution is -3.12. The molecule has 6 nitrogen and oxygen atoms in total. The van der Waals surface area contributed by atoms with Crippen LogP contribution in [-0.4, -0.2) is 35.3 Å². The van der Waals surface area contributed by atoms with Gasteiger partial charge in [0.05, 0.1) is 18.7 Å². The molecule has 0 radical (unpaired) electrons. The van der Waals surface area contributed by atoms with Crippen LogP contribution in [0.1, 0.15) is 19.8 Å². The summed E-state index contributed by atoms with van der Waals surface area (Å²) in [5, 5.41) is 11.5. The van der Waals surface area contributed by atoms with E-state index in [4.69, 9.17) is 10.1 Å². The van der Waals surface area contributed by atoms with Crippen molar-refractivity contribution in [3.8, 4) is 0 Å². The Bertz CT molecular complexity index is 765. The van der Waals surface area contributed by atoms with Gasteiger partial charge in [-0.3, -0.25) is 14.5 Å². The number of aliphatic imine (C=N–C) groups is 1. The highest BCUT2D eigenvalue weighted by Crippen LogP contribution is 2.27. The number of benzene rings is 1. The summed E-state index contributed by atoms with van der Waals surface area (Å²) in [7, 11) is 0. The molecule has 1 heterocycles. The lowest BCUT2D eigenvalue weighted by atomic mass is 9.97. The number of carboxylic acids is 1. The van der Waals surface area contributed by atoms with Gasteiger partial charge in [0.25, 0.3) is 0 Å². The van der Waals surface area contributed by atoms with E-state index in [1.807, 2.05) is 30.4 Å². The minimum absolute atomic E-state index is 0.0460. The van der Waals surface area contributed by atoms with Crippen molar-refractivity contribution in [3.63, 3.8) is 0 Å². The molecule has 0 aromatic heterocycles. The molecule has 1 amide bonds. The molecule has 3 N–H and O–H groups in total. The molecule has 2 unspecified atom stereocenters. The van der Waals surface area contributed by atoms with E-state index in [-0.39, 0.29) is 24.8 Å². The highest BCUT2D eigenvalue weighted by atomic mass is 16.4. The highest BCUT2D eigenvalue weighted by molar-refractivity contribution is 6.10. The van der Waals surface area contributed by atoms with Crippen LogP contribution in [0.4, 0.5) is 11.4 Å². The number of carboxylic acid groups (broad SMARTS) is 1. The molecule has 0 saturated heterocycles. The van der Waals surface area contributed by atoms with Gasteiger partial charge >= 0.3 is 5.97 Å². The van der Waals surface area contributed by atoms with Crippen molar-refractivity contribution in [2.45, 2.75) is 25.8 Å². The Hall–Kier alpha value is -2.73. The van der Waals surface area contributed by atoms with Crippen LogP contribution in [0.2, 0.25) is 0 Å². The van der Waals surface area contributed by atoms with Crippen LogP contribution in [-0.2, 0) is 9.59 Å². The van der Waals surface area contributed by atoms with Crippen LogP contribution in [0.5, 0.6) is 0 Å². The quantitative estimate of drug-likeness (QED) is 0.758. The summed E-state index contributed by atoms with van der Waals surface area (Å²) in [5.74, 6) is -1.29. The van der Waals surface area contributed by atoms with Gasteiger partial charge in [-0.2, -0.15) is 0 Å². The first kappa shape index (κ1) is 16.1. The molecule has 2 atom stereocenters. The summed E-state index contributed by atoms with van der Waals surface area (Å²) >= 11 is 0. The van der Waals surface area contributed by atoms with E-state index >= 15 is 0 Å². The summed E-state index contributed by atoms with van der Waals surface area (Å²) in [6.45, 7) is 3.01. The number of quaternary nitrogens is 1. The van der Waals surface area contributed by atoms with Crippen molar-refractivity contribution >= 4 is 29.0 Å². The Balaban J connectivity index is 1.87. The van der Waals surface area contributed by atoms with E-state index < -0.39 is 5.97 Å². The smallest absolute Gasteiger partial charge is 0.303 e. The third kappa shape index (κ3) is 3.14. The van der Waals surface area contributed by atoms with Crippen LogP contribution in [0.25, 0.3) is 0 Å². The van der Waals surface area contributed by atoms with Gasteiger partial charge in [0.2, 0.25) is 5.91 Å². The number of carbonyl (C=O) groups is 2. The van der Waals surface area contributed by atoms with Gasteiger partial charge in [0.1, 0.15) is 11.4 Å². The van der Waals surface area contributed by atoms with Gasteiger partial charge in [-0.05, 0) is 25.1 Å². The second kappa shape index (κ2) is 6.80. The lowest BCUT2D eigenvalue weighted by molar-refractivity contribution is -0.839. The Kier molecular flexibility index (Phi) is 4.57. The van der Waals surface area contributed by atoms with E-state index in [1.165, 1.54) is 4.90 Å². The van der Waals surface area contributed by atoms with Gasteiger partial charge in [-0.1, -0.05) is 18.2 Å². The van der Waals surface area contributed by atoms with E-state index in [0.717, 1.165) is 23.6 Å². The Labute approximate surface area is 140 Å². The highest BCUT2D eigenvalue weighted by Gasteiger charge is 2.35. The van der Waals surface area contributed by atoms with Crippen molar-refractivity contribution in [1.82, 2.24) is 5.32 Å². The van der Waals surface area contributed by atoms with E-state index in [2.05, 4.69) is 24.4 Å². The number of aliphatic carboxylic acids is 1. The molecule has 1 aromatic carbocycles. The Morgan fingerprint density at radius 1 is 1.29 bits per heavy atom. The zero-order valence-electron chi connectivity index (χ0n) is 13.5. The second-order valence-corrected chi connectivity index (χ2v) is 5.78. The Morgan fingerprint density at radius 2 is 2.08 bits per heavy atom.